The fourth-order valence-electron chi connectivity index (χ4n) is 1.87. The molecule has 10 heteroatoms. The van der Waals surface area contributed by atoms with Crippen molar-refractivity contribution < 1.29 is 23.2 Å². The summed E-state index contributed by atoms with van der Waals surface area (Å²) < 4.78 is 30.7. The van der Waals surface area contributed by atoms with Gasteiger partial charge in [-0.15, -0.1) is 0 Å². The number of nitro groups is 1. The number of rotatable bonds is 6. The van der Waals surface area contributed by atoms with E-state index in [1.54, 1.807) is 20.0 Å². The van der Waals surface area contributed by atoms with Gasteiger partial charge in [0.15, 0.2) is 5.69 Å². The number of ether oxygens (including phenoxy) is 1. The van der Waals surface area contributed by atoms with Gasteiger partial charge in [0.2, 0.25) is 0 Å². The van der Waals surface area contributed by atoms with Crippen LogP contribution >= 0.6 is 0 Å². The van der Waals surface area contributed by atoms with Gasteiger partial charge < -0.3 is 10.1 Å². The summed E-state index contributed by atoms with van der Waals surface area (Å²) in [5.41, 5.74) is 0.521. The van der Waals surface area contributed by atoms with Crippen molar-refractivity contribution in [1.82, 2.24) is 9.78 Å². The van der Waals surface area contributed by atoms with E-state index in [-0.39, 0.29) is 17.1 Å². The average molecular weight is 340 g/mol. The molecule has 2 aromatic rings. The zero-order valence-corrected chi connectivity index (χ0v) is 12.8. The van der Waals surface area contributed by atoms with Gasteiger partial charge in [0.1, 0.15) is 12.4 Å². The minimum Gasteiger partial charge on any atom is -0.487 e. The summed E-state index contributed by atoms with van der Waals surface area (Å²) in [4.78, 5) is 22.3. The number of amides is 1. The number of nitrogens with zero attached hydrogens (tertiary/aromatic N) is 3. The van der Waals surface area contributed by atoms with Crippen LogP contribution in [0.5, 0.6) is 5.75 Å². The summed E-state index contributed by atoms with van der Waals surface area (Å²) in [6.07, 6.45) is -2.72. The van der Waals surface area contributed by atoms with Gasteiger partial charge in [0, 0.05) is 24.9 Å². The maximum absolute atomic E-state index is 12.2. The molecule has 0 bridgehead atoms. The quantitative estimate of drug-likeness (QED) is 0.643. The van der Waals surface area contributed by atoms with Crippen molar-refractivity contribution >= 4 is 17.3 Å². The third-order valence-corrected chi connectivity index (χ3v) is 3.08. The fourth-order valence-corrected chi connectivity index (χ4v) is 1.87. The summed E-state index contributed by atoms with van der Waals surface area (Å²) in [6, 6.07) is 4.87. The van der Waals surface area contributed by atoms with Crippen LogP contribution in [0.4, 0.5) is 20.2 Å². The van der Waals surface area contributed by atoms with Gasteiger partial charge in [-0.25, -0.2) is 8.78 Å². The van der Waals surface area contributed by atoms with E-state index in [2.05, 4.69) is 10.4 Å². The van der Waals surface area contributed by atoms with Gasteiger partial charge in [0.05, 0.1) is 16.7 Å². The Balaban J connectivity index is 2.24. The molecule has 0 spiro atoms. The summed E-state index contributed by atoms with van der Waals surface area (Å²) >= 11 is 0. The molecular formula is C14H14F2N4O4. The van der Waals surface area contributed by atoms with Crippen molar-refractivity contribution in [3.63, 3.8) is 0 Å². The number of hydrogen-bond donors (Lipinski definition) is 1. The second-order valence-electron chi connectivity index (χ2n) is 4.92. The predicted molar refractivity (Wildman–Crippen MR) is 80.5 cm³/mol. The highest BCUT2D eigenvalue weighted by Crippen LogP contribution is 2.26. The normalized spacial score (nSPS) is 10.7. The first-order valence-corrected chi connectivity index (χ1v) is 6.78. The van der Waals surface area contributed by atoms with Crippen LogP contribution in [0.2, 0.25) is 0 Å². The Labute approximate surface area is 135 Å². The Morgan fingerprint density at radius 1 is 1.42 bits per heavy atom. The van der Waals surface area contributed by atoms with Crippen LogP contribution in [0.25, 0.3) is 0 Å². The second-order valence-corrected chi connectivity index (χ2v) is 4.92. The number of non-ortho nitro benzene ring substituents is 1. The predicted octanol–water partition coefficient (Wildman–Crippen LogP) is 2.53. The van der Waals surface area contributed by atoms with E-state index in [1.807, 2.05) is 0 Å². The van der Waals surface area contributed by atoms with E-state index in [0.29, 0.717) is 0 Å². The van der Waals surface area contributed by atoms with Crippen molar-refractivity contribution in [2.75, 3.05) is 11.9 Å². The van der Waals surface area contributed by atoms with Crippen molar-refractivity contribution in [2.45, 2.75) is 13.3 Å². The summed E-state index contributed by atoms with van der Waals surface area (Å²) in [5.74, 6) is -0.726. The summed E-state index contributed by atoms with van der Waals surface area (Å²) in [6.45, 7) is 0.849. The number of alkyl halides is 2. The number of aryl methyl sites for hydroxylation is 2. The minimum atomic E-state index is -2.72. The molecule has 1 N–H and O–H groups in total. The Morgan fingerprint density at radius 3 is 2.67 bits per heavy atom. The molecule has 1 aromatic heterocycles. The van der Waals surface area contributed by atoms with Crippen LogP contribution < -0.4 is 10.1 Å². The molecule has 0 atom stereocenters. The number of carbonyl (C=O) groups is 1. The van der Waals surface area contributed by atoms with Crippen molar-refractivity contribution in [3.05, 3.63) is 45.8 Å². The second kappa shape index (κ2) is 7.02. The molecule has 0 aliphatic rings. The van der Waals surface area contributed by atoms with Gasteiger partial charge in [-0.3, -0.25) is 19.6 Å². The lowest BCUT2D eigenvalue weighted by molar-refractivity contribution is -0.384. The highest BCUT2D eigenvalue weighted by atomic mass is 19.3. The molecule has 0 radical (unpaired) electrons. The number of aromatic nitrogens is 2. The molecule has 0 aliphatic carbocycles. The van der Waals surface area contributed by atoms with Gasteiger partial charge in [-0.05, 0) is 13.0 Å². The standard InChI is InChI=1S/C14H14F2N4O4/c1-8-3-12(18-19(8)2)14(21)17-9-4-10(20(22)23)6-11(5-9)24-7-13(15)16/h3-6,13H,7H2,1-2H3,(H,17,21). The SMILES string of the molecule is Cc1cc(C(=O)Nc2cc(OCC(F)F)cc([N+](=O)[O-])c2)nn1C. The third kappa shape index (κ3) is 4.24. The number of hydrogen-bond acceptors (Lipinski definition) is 5. The van der Waals surface area contributed by atoms with Crippen molar-refractivity contribution in [1.29, 1.82) is 0 Å². The van der Waals surface area contributed by atoms with Gasteiger partial charge in [-0.2, -0.15) is 5.10 Å². The summed E-state index contributed by atoms with van der Waals surface area (Å²) in [5, 5.41) is 17.3. The van der Waals surface area contributed by atoms with Gasteiger partial charge in [0.25, 0.3) is 18.0 Å². The highest BCUT2D eigenvalue weighted by molar-refractivity contribution is 6.03. The van der Waals surface area contributed by atoms with Gasteiger partial charge in [-0.1, -0.05) is 0 Å². The first kappa shape index (κ1) is 17.3. The molecule has 1 heterocycles. The maximum atomic E-state index is 12.2. The molecule has 0 aliphatic heterocycles. The monoisotopic (exact) mass is 340 g/mol. The smallest absolute Gasteiger partial charge is 0.276 e. The Kier molecular flexibility index (Phi) is 5.07. The molecule has 2 rings (SSSR count). The van der Waals surface area contributed by atoms with Crippen LogP contribution in [0.1, 0.15) is 16.2 Å². The molecule has 0 fully saturated rings. The first-order valence-electron chi connectivity index (χ1n) is 6.78. The summed E-state index contributed by atoms with van der Waals surface area (Å²) in [7, 11) is 1.66. The van der Waals surface area contributed by atoms with E-state index in [9.17, 15) is 23.7 Å². The molecule has 128 valence electrons. The zero-order valence-electron chi connectivity index (χ0n) is 12.8. The highest BCUT2D eigenvalue weighted by Gasteiger charge is 2.16. The number of carbonyl (C=O) groups excluding carboxylic acids is 1. The van der Waals surface area contributed by atoms with Crippen LogP contribution in [0.15, 0.2) is 24.3 Å². The molecule has 1 amide bonds. The van der Waals surface area contributed by atoms with Crippen molar-refractivity contribution in [2.24, 2.45) is 7.05 Å². The fraction of sp³-hybridized carbons (Fsp3) is 0.286. The van der Waals surface area contributed by atoms with Crippen LogP contribution in [0.3, 0.4) is 0 Å². The maximum Gasteiger partial charge on any atom is 0.276 e. The van der Waals surface area contributed by atoms with E-state index < -0.39 is 29.6 Å². The molecule has 0 saturated carbocycles. The minimum absolute atomic E-state index is 0.0433. The third-order valence-electron chi connectivity index (χ3n) is 3.08. The topological polar surface area (TPSA) is 99.3 Å². The average Bonchev–Trinajstić information content (AvgIpc) is 2.84. The molecule has 1 aromatic carbocycles. The van der Waals surface area contributed by atoms with Crippen molar-refractivity contribution in [3.8, 4) is 5.75 Å². The Hall–Kier alpha value is -3.04. The lowest BCUT2D eigenvalue weighted by Crippen LogP contribution is -2.13. The van der Waals surface area contributed by atoms with Gasteiger partial charge >= 0.3 is 0 Å². The largest absolute Gasteiger partial charge is 0.487 e. The van der Waals surface area contributed by atoms with E-state index in [1.165, 1.54) is 10.7 Å². The Morgan fingerprint density at radius 2 is 2.12 bits per heavy atom. The molecule has 0 unspecified atom stereocenters. The number of halogens is 2. The number of nitro benzene ring substituents is 1. The lowest BCUT2D eigenvalue weighted by atomic mass is 10.2. The van der Waals surface area contributed by atoms with Crippen LogP contribution in [0, 0.1) is 17.0 Å². The molecule has 24 heavy (non-hydrogen) atoms. The number of anilines is 1. The first-order chi connectivity index (χ1) is 11.3. The molecule has 8 nitrogen and oxygen atoms in total. The van der Waals surface area contributed by atoms with E-state index >= 15 is 0 Å². The molecular weight excluding hydrogens is 326 g/mol. The molecule has 0 saturated heterocycles. The Bertz CT molecular complexity index is 757. The lowest BCUT2D eigenvalue weighted by Gasteiger charge is -2.08. The zero-order chi connectivity index (χ0) is 17.9. The number of benzene rings is 1. The van der Waals surface area contributed by atoms with E-state index in [4.69, 9.17) is 4.74 Å². The van der Waals surface area contributed by atoms with Crippen LogP contribution in [-0.4, -0.2) is 33.6 Å². The van der Waals surface area contributed by atoms with Crippen LogP contribution in [-0.2, 0) is 7.05 Å². The van der Waals surface area contributed by atoms with E-state index in [0.717, 1.165) is 17.8 Å². The number of nitrogens with one attached hydrogen (secondary N) is 1.